The molecule has 194 valence electrons. The molecule has 0 spiro atoms. The van der Waals surface area contributed by atoms with Crippen LogP contribution < -0.4 is 15.5 Å². The Balaban J connectivity index is 1.04. The van der Waals surface area contributed by atoms with Gasteiger partial charge < -0.3 is 20.4 Å². The summed E-state index contributed by atoms with van der Waals surface area (Å²) in [6.45, 7) is 6.60. The van der Waals surface area contributed by atoms with Crippen molar-refractivity contribution in [1.29, 1.82) is 0 Å². The number of likely N-dealkylation sites (tertiary alicyclic amines) is 1. The Labute approximate surface area is 209 Å². The van der Waals surface area contributed by atoms with Crippen LogP contribution in [-0.2, 0) is 4.79 Å². The number of benzene rings is 1. The standard InChI is InChI=1S/C27H42FN5O2/c28-24-9-4-5-10-25(24)32-19-17-31(18-20-32)14-6-13-29-26(34)21-22-11-15-33(16-12-22)27(35)30-23-7-2-1-3-8-23/h4-5,9-10,22-23H,1-3,6-8,11-21H2,(H,29,34)(H,30,35). The van der Waals surface area contributed by atoms with Gasteiger partial charge in [0.05, 0.1) is 5.69 Å². The van der Waals surface area contributed by atoms with Gasteiger partial charge >= 0.3 is 6.03 Å². The molecule has 1 aliphatic carbocycles. The Morgan fingerprint density at radius 3 is 2.34 bits per heavy atom. The first kappa shape index (κ1) is 25.7. The van der Waals surface area contributed by atoms with Crippen LogP contribution in [0.4, 0.5) is 14.9 Å². The predicted molar refractivity (Wildman–Crippen MR) is 137 cm³/mol. The molecule has 35 heavy (non-hydrogen) atoms. The lowest BCUT2D eigenvalue weighted by molar-refractivity contribution is -0.122. The van der Waals surface area contributed by atoms with Gasteiger partial charge in [-0.15, -0.1) is 0 Å². The van der Waals surface area contributed by atoms with E-state index in [9.17, 15) is 14.0 Å². The molecule has 1 saturated carbocycles. The molecule has 7 nitrogen and oxygen atoms in total. The molecule has 4 rings (SSSR count). The van der Waals surface area contributed by atoms with E-state index < -0.39 is 0 Å². The Morgan fingerprint density at radius 2 is 1.63 bits per heavy atom. The van der Waals surface area contributed by atoms with Crippen molar-refractivity contribution in [2.75, 3.05) is 57.3 Å². The number of carbonyl (C=O) groups is 2. The second-order valence-corrected chi connectivity index (χ2v) is 10.4. The minimum absolute atomic E-state index is 0.0783. The second kappa shape index (κ2) is 13.1. The maximum atomic E-state index is 14.0. The summed E-state index contributed by atoms with van der Waals surface area (Å²) in [7, 11) is 0. The number of piperidine rings is 1. The van der Waals surface area contributed by atoms with Crippen LogP contribution in [-0.4, -0.2) is 80.1 Å². The highest BCUT2D eigenvalue weighted by molar-refractivity contribution is 5.76. The normalized spacial score (nSPS) is 20.6. The first-order chi connectivity index (χ1) is 17.1. The van der Waals surface area contributed by atoms with E-state index in [1.54, 1.807) is 6.07 Å². The average Bonchev–Trinajstić information content (AvgIpc) is 2.88. The van der Waals surface area contributed by atoms with Gasteiger partial charge in [-0.05, 0) is 56.7 Å². The van der Waals surface area contributed by atoms with Crippen molar-refractivity contribution in [2.24, 2.45) is 5.92 Å². The number of rotatable bonds is 8. The molecular formula is C27H42FN5O2. The highest BCUT2D eigenvalue weighted by atomic mass is 19.1. The zero-order valence-corrected chi connectivity index (χ0v) is 21.0. The Hall–Kier alpha value is -2.35. The van der Waals surface area contributed by atoms with Crippen molar-refractivity contribution in [3.8, 4) is 0 Å². The molecule has 0 aromatic heterocycles. The predicted octanol–water partition coefficient (Wildman–Crippen LogP) is 3.60. The van der Waals surface area contributed by atoms with Gasteiger partial charge in [0.25, 0.3) is 0 Å². The summed E-state index contributed by atoms with van der Waals surface area (Å²) in [5.41, 5.74) is 0.690. The molecule has 1 aromatic rings. The highest BCUT2D eigenvalue weighted by Gasteiger charge is 2.26. The lowest BCUT2D eigenvalue weighted by Gasteiger charge is -2.36. The SMILES string of the molecule is O=C(CC1CCN(C(=O)NC2CCCCC2)CC1)NCCCN1CCN(c2ccccc2F)CC1. The largest absolute Gasteiger partial charge is 0.367 e. The fourth-order valence-electron chi connectivity index (χ4n) is 5.64. The van der Waals surface area contributed by atoms with E-state index in [0.29, 0.717) is 30.6 Å². The molecule has 3 aliphatic rings. The number of urea groups is 1. The number of halogens is 1. The van der Waals surface area contributed by atoms with E-state index in [0.717, 1.165) is 77.9 Å². The topological polar surface area (TPSA) is 67.9 Å². The van der Waals surface area contributed by atoms with Crippen molar-refractivity contribution >= 4 is 17.6 Å². The number of piperazine rings is 1. The number of nitrogens with zero attached hydrogens (tertiary/aromatic N) is 3. The van der Waals surface area contributed by atoms with Crippen molar-refractivity contribution in [2.45, 2.75) is 63.8 Å². The van der Waals surface area contributed by atoms with Gasteiger partial charge in [-0.25, -0.2) is 9.18 Å². The van der Waals surface area contributed by atoms with E-state index in [1.165, 1.54) is 25.3 Å². The maximum absolute atomic E-state index is 14.0. The molecule has 0 bridgehead atoms. The Bertz CT molecular complexity index is 816. The fourth-order valence-corrected chi connectivity index (χ4v) is 5.64. The smallest absolute Gasteiger partial charge is 0.317 e. The van der Waals surface area contributed by atoms with Crippen LogP contribution in [0.15, 0.2) is 24.3 Å². The van der Waals surface area contributed by atoms with Gasteiger partial charge in [0, 0.05) is 58.3 Å². The van der Waals surface area contributed by atoms with E-state index in [-0.39, 0.29) is 17.8 Å². The third kappa shape index (κ3) is 7.82. The summed E-state index contributed by atoms with van der Waals surface area (Å²) in [6.07, 6.45) is 9.20. The third-order valence-corrected chi connectivity index (χ3v) is 7.85. The Kier molecular flexibility index (Phi) is 9.63. The van der Waals surface area contributed by atoms with Gasteiger partial charge in [0.15, 0.2) is 0 Å². The van der Waals surface area contributed by atoms with E-state index >= 15 is 0 Å². The first-order valence-corrected chi connectivity index (χ1v) is 13.6. The molecule has 2 N–H and O–H groups in total. The first-order valence-electron chi connectivity index (χ1n) is 13.6. The highest BCUT2D eigenvalue weighted by Crippen LogP contribution is 2.22. The van der Waals surface area contributed by atoms with E-state index in [2.05, 4.69) is 20.4 Å². The van der Waals surface area contributed by atoms with Crippen LogP contribution in [0, 0.1) is 11.7 Å². The van der Waals surface area contributed by atoms with Crippen LogP contribution in [0.5, 0.6) is 0 Å². The van der Waals surface area contributed by atoms with Crippen LogP contribution in [0.3, 0.4) is 0 Å². The lowest BCUT2D eigenvalue weighted by Crippen LogP contribution is -2.48. The fraction of sp³-hybridized carbons (Fsp3) is 0.704. The molecule has 2 aliphatic heterocycles. The molecule has 8 heteroatoms. The minimum Gasteiger partial charge on any atom is -0.367 e. The summed E-state index contributed by atoms with van der Waals surface area (Å²) in [6, 6.07) is 7.39. The molecule has 3 amide bonds. The summed E-state index contributed by atoms with van der Waals surface area (Å²) >= 11 is 0. The summed E-state index contributed by atoms with van der Waals surface area (Å²) in [4.78, 5) is 31.4. The molecule has 0 unspecified atom stereocenters. The third-order valence-electron chi connectivity index (χ3n) is 7.85. The molecule has 3 fully saturated rings. The number of hydrogen-bond acceptors (Lipinski definition) is 4. The monoisotopic (exact) mass is 487 g/mol. The lowest BCUT2D eigenvalue weighted by atomic mass is 9.93. The van der Waals surface area contributed by atoms with Crippen molar-refractivity contribution in [3.05, 3.63) is 30.1 Å². The van der Waals surface area contributed by atoms with Gasteiger partial charge in [-0.3, -0.25) is 9.69 Å². The zero-order chi connectivity index (χ0) is 24.5. The van der Waals surface area contributed by atoms with Gasteiger partial charge in [0.2, 0.25) is 5.91 Å². The average molecular weight is 488 g/mol. The summed E-state index contributed by atoms with van der Waals surface area (Å²) in [5, 5.41) is 6.28. The number of carbonyl (C=O) groups excluding carboxylic acids is 2. The Morgan fingerprint density at radius 1 is 0.914 bits per heavy atom. The van der Waals surface area contributed by atoms with Crippen LogP contribution in [0.2, 0.25) is 0 Å². The van der Waals surface area contributed by atoms with Crippen molar-refractivity contribution < 1.29 is 14.0 Å². The number of nitrogens with one attached hydrogen (secondary N) is 2. The minimum atomic E-state index is -0.156. The molecule has 0 atom stereocenters. The van der Waals surface area contributed by atoms with Crippen LogP contribution in [0.1, 0.15) is 57.8 Å². The number of para-hydroxylation sites is 1. The molecule has 2 saturated heterocycles. The number of hydrogen-bond donors (Lipinski definition) is 2. The van der Waals surface area contributed by atoms with Crippen LogP contribution >= 0.6 is 0 Å². The van der Waals surface area contributed by atoms with E-state index in [4.69, 9.17) is 0 Å². The van der Waals surface area contributed by atoms with E-state index in [1.807, 2.05) is 17.0 Å². The van der Waals surface area contributed by atoms with Crippen molar-refractivity contribution in [1.82, 2.24) is 20.4 Å². The molecule has 2 heterocycles. The second-order valence-electron chi connectivity index (χ2n) is 10.4. The number of amides is 3. The molecule has 0 radical (unpaired) electrons. The van der Waals surface area contributed by atoms with Gasteiger partial charge in [0.1, 0.15) is 5.82 Å². The summed E-state index contributed by atoms with van der Waals surface area (Å²) < 4.78 is 14.0. The molecule has 1 aromatic carbocycles. The van der Waals surface area contributed by atoms with Crippen molar-refractivity contribution in [3.63, 3.8) is 0 Å². The van der Waals surface area contributed by atoms with Gasteiger partial charge in [-0.1, -0.05) is 31.4 Å². The quantitative estimate of drug-likeness (QED) is 0.550. The van der Waals surface area contributed by atoms with Gasteiger partial charge in [-0.2, -0.15) is 0 Å². The molecular weight excluding hydrogens is 445 g/mol. The maximum Gasteiger partial charge on any atom is 0.317 e. The van der Waals surface area contributed by atoms with Crippen LogP contribution in [0.25, 0.3) is 0 Å². The summed E-state index contributed by atoms with van der Waals surface area (Å²) in [5.74, 6) is 0.330. The number of anilines is 1. The zero-order valence-electron chi connectivity index (χ0n) is 21.0.